The molecule has 0 spiro atoms. The van der Waals surface area contributed by atoms with Gasteiger partial charge in [0.15, 0.2) is 0 Å². The highest BCUT2D eigenvalue weighted by Crippen LogP contribution is 2.21. The first-order chi connectivity index (χ1) is 10.0. The molecule has 1 heterocycles. The number of aromatic nitrogens is 2. The van der Waals surface area contributed by atoms with E-state index >= 15 is 0 Å². The smallest absolute Gasteiger partial charge is 0.225 e. The fourth-order valence-corrected chi connectivity index (χ4v) is 2.74. The molecule has 4 heteroatoms. The molecular formula is C17H30N4. The van der Waals surface area contributed by atoms with Crippen molar-refractivity contribution in [2.45, 2.75) is 59.9 Å². The number of nitrogens with one attached hydrogen (secondary N) is 1. The molecule has 1 aromatic rings. The summed E-state index contributed by atoms with van der Waals surface area (Å²) in [5.74, 6) is 1.51. The topological polar surface area (TPSA) is 41.1 Å². The standard InChI is InChI=1S/C17H30N4/c1-6-21(7-2)17-19-13(4)16(14(5)20-17)10-12(3)11-18-15-8-9-15/h12,15,18H,6-11H2,1-5H3. The van der Waals surface area contributed by atoms with Gasteiger partial charge in [-0.3, -0.25) is 0 Å². The molecule has 0 saturated heterocycles. The molecule has 0 amide bonds. The minimum absolute atomic E-state index is 0.630. The fourth-order valence-electron chi connectivity index (χ4n) is 2.74. The summed E-state index contributed by atoms with van der Waals surface area (Å²) in [6, 6.07) is 0.788. The predicted molar refractivity (Wildman–Crippen MR) is 89.0 cm³/mol. The molecular weight excluding hydrogens is 260 g/mol. The van der Waals surface area contributed by atoms with Crippen LogP contribution in [0.5, 0.6) is 0 Å². The lowest BCUT2D eigenvalue weighted by atomic mass is 9.99. The van der Waals surface area contributed by atoms with Gasteiger partial charge >= 0.3 is 0 Å². The number of rotatable bonds is 8. The third-order valence-corrected chi connectivity index (χ3v) is 4.34. The summed E-state index contributed by atoms with van der Waals surface area (Å²) < 4.78 is 0. The highest BCUT2D eigenvalue weighted by atomic mass is 15.2. The van der Waals surface area contributed by atoms with Crippen LogP contribution in [0, 0.1) is 19.8 Å². The molecule has 4 nitrogen and oxygen atoms in total. The van der Waals surface area contributed by atoms with Crippen LogP contribution >= 0.6 is 0 Å². The van der Waals surface area contributed by atoms with Crippen molar-refractivity contribution < 1.29 is 0 Å². The van der Waals surface area contributed by atoms with E-state index in [4.69, 9.17) is 9.97 Å². The Labute approximate surface area is 129 Å². The number of nitrogens with zero attached hydrogens (tertiary/aromatic N) is 3. The van der Waals surface area contributed by atoms with Gasteiger partial charge in [0.25, 0.3) is 0 Å². The molecule has 1 fully saturated rings. The summed E-state index contributed by atoms with van der Waals surface area (Å²) in [7, 11) is 0. The summed E-state index contributed by atoms with van der Waals surface area (Å²) in [5, 5.41) is 3.61. The zero-order valence-corrected chi connectivity index (χ0v) is 14.2. The normalized spacial score (nSPS) is 16.0. The van der Waals surface area contributed by atoms with Crippen LogP contribution in [-0.4, -0.2) is 35.6 Å². The Morgan fingerprint density at radius 2 is 1.71 bits per heavy atom. The Bertz CT molecular complexity index is 441. The van der Waals surface area contributed by atoms with Gasteiger partial charge in [-0.05, 0) is 65.0 Å². The van der Waals surface area contributed by atoms with Gasteiger partial charge in [-0.1, -0.05) is 6.92 Å². The van der Waals surface area contributed by atoms with Gasteiger partial charge in [0, 0.05) is 30.5 Å². The average Bonchev–Trinajstić information content (AvgIpc) is 3.26. The lowest BCUT2D eigenvalue weighted by molar-refractivity contribution is 0.505. The van der Waals surface area contributed by atoms with Gasteiger partial charge < -0.3 is 10.2 Å². The van der Waals surface area contributed by atoms with Gasteiger partial charge in [-0.25, -0.2) is 9.97 Å². The van der Waals surface area contributed by atoms with Gasteiger partial charge in [0.05, 0.1) is 0 Å². The highest BCUT2D eigenvalue weighted by molar-refractivity contribution is 5.36. The molecule has 0 radical (unpaired) electrons. The summed E-state index contributed by atoms with van der Waals surface area (Å²) in [4.78, 5) is 11.7. The molecule has 1 aliphatic rings. The predicted octanol–water partition coefficient (Wildman–Crippen LogP) is 2.87. The molecule has 21 heavy (non-hydrogen) atoms. The van der Waals surface area contributed by atoms with Crippen LogP contribution < -0.4 is 10.2 Å². The van der Waals surface area contributed by atoms with Crippen molar-refractivity contribution in [1.29, 1.82) is 0 Å². The molecule has 118 valence electrons. The second kappa shape index (κ2) is 7.21. The molecule has 1 N–H and O–H groups in total. The van der Waals surface area contributed by atoms with E-state index in [2.05, 4.69) is 44.8 Å². The number of aryl methyl sites for hydroxylation is 2. The maximum absolute atomic E-state index is 4.73. The van der Waals surface area contributed by atoms with E-state index < -0.39 is 0 Å². The number of hydrogen-bond acceptors (Lipinski definition) is 4. The van der Waals surface area contributed by atoms with E-state index in [1.54, 1.807) is 0 Å². The second-order valence-corrected chi connectivity index (χ2v) is 6.34. The average molecular weight is 290 g/mol. The Morgan fingerprint density at radius 3 is 2.19 bits per heavy atom. The maximum atomic E-state index is 4.73. The van der Waals surface area contributed by atoms with Gasteiger partial charge in [-0.15, -0.1) is 0 Å². The third-order valence-electron chi connectivity index (χ3n) is 4.34. The lowest BCUT2D eigenvalue weighted by Gasteiger charge is -2.21. The quantitative estimate of drug-likeness (QED) is 0.799. The van der Waals surface area contributed by atoms with Crippen LogP contribution in [0.3, 0.4) is 0 Å². The largest absolute Gasteiger partial charge is 0.341 e. The van der Waals surface area contributed by atoms with Crippen molar-refractivity contribution in [2.24, 2.45) is 5.92 Å². The van der Waals surface area contributed by atoms with Gasteiger partial charge in [0.2, 0.25) is 5.95 Å². The lowest BCUT2D eigenvalue weighted by Crippen LogP contribution is -2.26. The first-order valence-corrected chi connectivity index (χ1v) is 8.37. The van der Waals surface area contributed by atoms with Crippen LogP contribution in [0.1, 0.15) is 50.6 Å². The Balaban J connectivity index is 2.04. The Hall–Kier alpha value is -1.16. The van der Waals surface area contributed by atoms with Crippen LogP contribution in [0.15, 0.2) is 0 Å². The maximum Gasteiger partial charge on any atom is 0.225 e. The van der Waals surface area contributed by atoms with Crippen molar-refractivity contribution in [3.8, 4) is 0 Å². The van der Waals surface area contributed by atoms with Crippen molar-refractivity contribution in [3.05, 3.63) is 17.0 Å². The monoisotopic (exact) mass is 290 g/mol. The van der Waals surface area contributed by atoms with Crippen molar-refractivity contribution in [3.63, 3.8) is 0 Å². The van der Waals surface area contributed by atoms with Gasteiger partial charge in [0.1, 0.15) is 0 Å². The molecule has 1 aliphatic carbocycles. The number of hydrogen-bond donors (Lipinski definition) is 1. The minimum Gasteiger partial charge on any atom is -0.341 e. The molecule has 1 unspecified atom stereocenters. The van der Waals surface area contributed by atoms with E-state index in [-0.39, 0.29) is 0 Å². The summed E-state index contributed by atoms with van der Waals surface area (Å²) >= 11 is 0. The fraction of sp³-hybridized carbons (Fsp3) is 0.765. The van der Waals surface area contributed by atoms with Crippen molar-refractivity contribution in [2.75, 3.05) is 24.5 Å². The molecule has 2 rings (SSSR count). The highest BCUT2D eigenvalue weighted by Gasteiger charge is 2.21. The zero-order chi connectivity index (χ0) is 15.4. The summed E-state index contributed by atoms with van der Waals surface area (Å²) in [5.41, 5.74) is 3.61. The van der Waals surface area contributed by atoms with Crippen molar-refractivity contribution >= 4 is 5.95 Å². The summed E-state index contributed by atoms with van der Waals surface area (Å²) in [6.45, 7) is 13.9. The second-order valence-electron chi connectivity index (χ2n) is 6.34. The van der Waals surface area contributed by atoms with E-state index in [0.717, 1.165) is 49.4 Å². The first-order valence-electron chi connectivity index (χ1n) is 8.37. The molecule has 1 aromatic heterocycles. The van der Waals surface area contributed by atoms with Crippen molar-refractivity contribution in [1.82, 2.24) is 15.3 Å². The SMILES string of the molecule is CCN(CC)c1nc(C)c(CC(C)CNC2CC2)c(C)n1. The molecule has 0 aliphatic heterocycles. The van der Waals surface area contributed by atoms with E-state index in [1.807, 2.05) is 0 Å². The van der Waals surface area contributed by atoms with E-state index in [1.165, 1.54) is 18.4 Å². The molecule has 1 atom stereocenters. The molecule has 1 saturated carbocycles. The first kappa shape index (κ1) is 16.2. The van der Waals surface area contributed by atoms with Crippen LogP contribution in [0.2, 0.25) is 0 Å². The van der Waals surface area contributed by atoms with E-state index in [9.17, 15) is 0 Å². The summed E-state index contributed by atoms with van der Waals surface area (Å²) in [6.07, 6.45) is 3.77. The third kappa shape index (κ3) is 4.40. The Kier molecular flexibility index (Phi) is 5.57. The van der Waals surface area contributed by atoms with Crippen LogP contribution in [0.25, 0.3) is 0 Å². The van der Waals surface area contributed by atoms with E-state index in [0.29, 0.717) is 5.92 Å². The minimum atomic E-state index is 0.630. The molecule has 0 bridgehead atoms. The zero-order valence-electron chi connectivity index (χ0n) is 14.2. The van der Waals surface area contributed by atoms with Crippen LogP contribution in [0.4, 0.5) is 5.95 Å². The van der Waals surface area contributed by atoms with Crippen LogP contribution in [-0.2, 0) is 6.42 Å². The Morgan fingerprint density at radius 1 is 1.14 bits per heavy atom. The van der Waals surface area contributed by atoms with Gasteiger partial charge in [-0.2, -0.15) is 0 Å². The molecule has 0 aromatic carbocycles. The number of anilines is 1.